The molecule has 3 aromatic carbocycles. The summed E-state index contributed by atoms with van der Waals surface area (Å²) in [6.07, 6.45) is 1.34. The maximum atomic E-state index is 11.1. The minimum atomic E-state index is -4.24. The largest absolute Gasteiger partial charge is 0.399 e. The number of nitrogen functional groups attached to an aromatic ring is 1. The van der Waals surface area contributed by atoms with Gasteiger partial charge in [0.1, 0.15) is 0 Å². The summed E-state index contributed by atoms with van der Waals surface area (Å²) < 4.78 is 11.1. The molecule has 4 N–H and O–H groups in total. The minimum absolute atomic E-state index is 0.470. The predicted molar refractivity (Wildman–Crippen MR) is 110 cm³/mol. The van der Waals surface area contributed by atoms with Gasteiger partial charge in [0, 0.05) is 22.5 Å². The molecule has 0 radical (unpaired) electrons. The Balaban J connectivity index is 1.99. The van der Waals surface area contributed by atoms with Gasteiger partial charge in [-0.05, 0) is 40.6 Å². The molecule has 1 heterocycles. The summed E-state index contributed by atoms with van der Waals surface area (Å²) >= 11 is 0. The van der Waals surface area contributed by atoms with Crippen LogP contribution in [-0.4, -0.2) is 14.8 Å². The van der Waals surface area contributed by atoms with E-state index >= 15 is 0 Å². The molecule has 1 aromatic heterocycles. The summed E-state index contributed by atoms with van der Waals surface area (Å²) in [5.41, 5.74) is 9.84. The van der Waals surface area contributed by atoms with Crippen molar-refractivity contribution in [3.63, 3.8) is 0 Å². The first-order chi connectivity index (χ1) is 12.9. The SMILES string of the molecule is Nc1cc(-c2cccc3ccccc23)c2nc(/C=C/P(=O)(O)O)ccc2c1. The Morgan fingerprint density at radius 1 is 0.889 bits per heavy atom. The van der Waals surface area contributed by atoms with Gasteiger partial charge in [-0.2, -0.15) is 0 Å². The average Bonchev–Trinajstić information content (AvgIpc) is 2.65. The zero-order valence-electron chi connectivity index (χ0n) is 14.3. The molecule has 134 valence electrons. The van der Waals surface area contributed by atoms with Crippen molar-refractivity contribution in [1.29, 1.82) is 0 Å². The summed E-state index contributed by atoms with van der Waals surface area (Å²) in [6.45, 7) is 0. The molecule has 0 atom stereocenters. The third-order valence-corrected chi connectivity index (χ3v) is 4.89. The van der Waals surface area contributed by atoms with Crippen LogP contribution in [0.1, 0.15) is 5.69 Å². The Morgan fingerprint density at radius 2 is 1.67 bits per heavy atom. The average molecular weight is 376 g/mol. The lowest BCUT2D eigenvalue weighted by Crippen LogP contribution is -1.93. The number of anilines is 1. The smallest absolute Gasteiger partial charge is 0.349 e. The normalized spacial score (nSPS) is 12.2. The molecule has 0 aliphatic rings. The van der Waals surface area contributed by atoms with Crippen molar-refractivity contribution >= 4 is 41.0 Å². The predicted octanol–water partition coefficient (Wildman–Crippen LogP) is 4.79. The van der Waals surface area contributed by atoms with Crippen molar-refractivity contribution in [3.05, 3.63) is 78.2 Å². The Morgan fingerprint density at radius 3 is 2.48 bits per heavy atom. The van der Waals surface area contributed by atoms with E-state index in [9.17, 15) is 4.57 Å². The number of nitrogens with two attached hydrogens (primary N) is 1. The maximum Gasteiger partial charge on any atom is 0.349 e. The van der Waals surface area contributed by atoms with Crippen molar-refractivity contribution in [2.45, 2.75) is 0 Å². The van der Waals surface area contributed by atoms with Crippen molar-refractivity contribution < 1.29 is 14.4 Å². The molecular formula is C21H17N2O3P. The van der Waals surface area contributed by atoms with Crippen molar-refractivity contribution in [2.75, 3.05) is 5.73 Å². The van der Waals surface area contributed by atoms with Crippen LogP contribution in [0.25, 0.3) is 38.9 Å². The van der Waals surface area contributed by atoms with E-state index in [1.54, 1.807) is 6.07 Å². The lowest BCUT2D eigenvalue weighted by molar-refractivity contribution is 0.386. The zero-order chi connectivity index (χ0) is 19.0. The van der Waals surface area contributed by atoms with Crippen LogP contribution in [0.5, 0.6) is 0 Å². The standard InChI is InChI=1S/C21H17N2O3P/c22-16-12-15-8-9-17(10-11-27(24,25)26)23-21(15)20(13-16)19-7-3-5-14-4-1-2-6-18(14)19/h1-13H,22H2,(H2,24,25,26)/b11-10+. The van der Waals surface area contributed by atoms with Gasteiger partial charge < -0.3 is 15.5 Å². The van der Waals surface area contributed by atoms with Crippen LogP contribution in [0, 0.1) is 0 Å². The second kappa shape index (κ2) is 6.63. The van der Waals surface area contributed by atoms with Gasteiger partial charge in [0.15, 0.2) is 0 Å². The second-order valence-electron chi connectivity index (χ2n) is 6.31. The molecule has 6 heteroatoms. The number of fused-ring (bicyclic) bond motifs is 2. The van der Waals surface area contributed by atoms with E-state index in [4.69, 9.17) is 15.5 Å². The lowest BCUT2D eigenvalue weighted by Gasteiger charge is -2.11. The lowest BCUT2D eigenvalue weighted by atomic mass is 9.95. The fraction of sp³-hybridized carbons (Fsp3) is 0. The van der Waals surface area contributed by atoms with Crippen LogP contribution in [0.4, 0.5) is 5.69 Å². The van der Waals surface area contributed by atoms with Gasteiger partial charge in [0.05, 0.1) is 11.2 Å². The second-order valence-corrected chi connectivity index (χ2v) is 7.78. The zero-order valence-corrected chi connectivity index (χ0v) is 15.2. The van der Waals surface area contributed by atoms with Crippen LogP contribution >= 0.6 is 7.60 Å². The Kier molecular flexibility index (Phi) is 4.28. The number of nitrogens with zero attached hydrogens (tertiary/aromatic N) is 1. The van der Waals surface area contributed by atoms with E-state index in [0.29, 0.717) is 11.4 Å². The van der Waals surface area contributed by atoms with Gasteiger partial charge in [0.25, 0.3) is 0 Å². The summed E-state index contributed by atoms with van der Waals surface area (Å²) in [5, 5.41) is 3.07. The van der Waals surface area contributed by atoms with Crippen molar-refractivity contribution in [3.8, 4) is 11.1 Å². The van der Waals surface area contributed by atoms with Crippen molar-refractivity contribution in [2.24, 2.45) is 0 Å². The van der Waals surface area contributed by atoms with Crippen LogP contribution in [0.2, 0.25) is 0 Å². The van der Waals surface area contributed by atoms with E-state index in [0.717, 1.165) is 38.6 Å². The van der Waals surface area contributed by atoms with Crippen LogP contribution in [-0.2, 0) is 4.57 Å². The van der Waals surface area contributed by atoms with E-state index in [-0.39, 0.29) is 0 Å². The third kappa shape index (κ3) is 3.62. The number of hydrogen-bond acceptors (Lipinski definition) is 3. The third-order valence-electron chi connectivity index (χ3n) is 4.36. The molecule has 27 heavy (non-hydrogen) atoms. The fourth-order valence-corrected chi connectivity index (χ4v) is 3.55. The molecule has 4 aromatic rings. The van der Waals surface area contributed by atoms with Gasteiger partial charge in [-0.15, -0.1) is 0 Å². The molecule has 0 unspecified atom stereocenters. The number of benzene rings is 3. The van der Waals surface area contributed by atoms with Crippen LogP contribution in [0.3, 0.4) is 0 Å². The van der Waals surface area contributed by atoms with Gasteiger partial charge in [-0.3, -0.25) is 4.57 Å². The first kappa shape index (κ1) is 17.4. The minimum Gasteiger partial charge on any atom is -0.399 e. The molecule has 0 bridgehead atoms. The van der Waals surface area contributed by atoms with Gasteiger partial charge in [-0.1, -0.05) is 48.5 Å². The Hall–Kier alpha value is -2.98. The first-order valence-electron chi connectivity index (χ1n) is 8.34. The molecule has 0 spiro atoms. The molecule has 0 fully saturated rings. The van der Waals surface area contributed by atoms with E-state index < -0.39 is 7.60 Å². The Bertz CT molecular complexity index is 1240. The van der Waals surface area contributed by atoms with Gasteiger partial charge >= 0.3 is 7.60 Å². The van der Waals surface area contributed by atoms with Gasteiger partial charge in [0.2, 0.25) is 0 Å². The van der Waals surface area contributed by atoms with E-state index in [1.807, 2.05) is 42.5 Å². The highest BCUT2D eigenvalue weighted by Gasteiger charge is 2.11. The molecule has 0 aliphatic carbocycles. The maximum absolute atomic E-state index is 11.1. The number of rotatable bonds is 3. The molecule has 4 rings (SSSR count). The summed E-state index contributed by atoms with van der Waals surface area (Å²) in [6, 6.07) is 21.4. The highest BCUT2D eigenvalue weighted by atomic mass is 31.2. The summed E-state index contributed by atoms with van der Waals surface area (Å²) in [7, 11) is -4.24. The Labute approximate surface area is 156 Å². The molecule has 0 amide bonds. The highest BCUT2D eigenvalue weighted by Crippen LogP contribution is 2.38. The van der Waals surface area contributed by atoms with E-state index in [2.05, 4.69) is 23.2 Å². The van der Waals surface area contributed by atoms with Crippen molar-refractivity contribution in [1.82, 2.24) is 4.98 Å². The monoisotopic (exact) mass is 376 g/mol. The van der Waals surface area contributed by atoms with E-state index in [1.165, 1.54) is 6.08 Å². The number of aromatic nitrogens is 1. The number of pyridine rings is 1. The van der Waals surface area contributed by atoms with Crippen LogP contribution < -0.4 is 5.73 Å². The first-order valence-corrected chi connectivity index (χ1v) is 10.0. The fourth-order valence-electron chi connectivity index (χ4n) is 3.21. The quantitative estimate of drug-likeness (QED) is 0.353. The molecular weight excluding hydrogens is 359 g/mol. The van der Waals surface area contributed by atoms with Gasteiger partial charge in [-0.25, -0.2) is 4.98 Å². The molecule has 5 nitrogen and oxygen atoms in total. The highest BCUT2D eigenvalue weighted by molar-refractivity contribution is 7.55. The van der Waals surface area contributed by atoms with Crippen LogP contribution in [0.15, 0.2) is 72.5 Å². The summed E-state index contributed by atoms with van der Waals surface area (Å²) in [5.74, 6) is 0.857. The molecule has 0 saturated heterocycles. The summed E-state index contributed by atoms with van der Waals surface area (Å²) in [4.78, 5) is 22.7. The number of hydrogen-bond donors (Lipinski definition) is 3. The molecule has 0 saturated carbocycles. The molecule has 0 aliphatic heterocycles. The topological polar surface area (TPSA) is 96.4 Å².